The summed E-state index contributed by atoms with van der Waals surface area (Å²) in [5.41, 5.74) is 0.970. The highest BCUT2D eigenvalue weighted by atomic mass is 35.5. The van der Waals surface area contributed by atoms with Crippen LogP contribution in [-0.2, 0) is 9.59 Å². The number of carbonyl (C=O) groups excluding carboxylic acids is 2. The maximum atomic E-state index is 12.2. The summed E-state index contributed by atoms with van der Waals surface area (Å²) in [5.74, 6) is -1.69. The van der Waals surface area contributed by atoms with E-state index in [9.17, 15) is 22.8 Å². The minimum atomic E-state index is -4.80. The Kier molecular flexibility index (Phi) is 4.43. The predicted molar refractivity (Wildman–Crippen MR) is 84.4 cm³/mol. The van der Waals surface area contributed by atoms with E-state index < -0.39 is 29.8 Å². The number of benzene rings is 2. The molecule has 1 atom stereocenters. The molecule has 0 saturated carbocycles. The zero-order valence-electron chi connectivity index (χ0n) is 12.6. The van der Waals surface area contributed by atoms with Gasteiger partial charge in [-0.25, -0.2) is 0 Å². The van der Waals surface area contributed by atoms with Crippen molar-refractivity contribution in [1.29, 1.82) is 0 Å². The second-order valence-corrected chi connectivity index (χ2v) is 5.85. The van der Waals surface area contributed by atoms with Gasteiger partial charge in [-0.1, -0.05) is 23.7 Å². The summed E-state index contributed by atoms with van der Waals surface area (Å²) in [7, 11) is 0. The number of nitrogens with zero attached hydrogens (tertiary/aromatic N) is 1. The van der Waals surface area contributed by atoms with Crippen LogP contribution in [0.5, 0.6) is 5.75 Å². The molecular weight excluding hydrogens is 359 g/mol. The molecule has 0 aliphatic carbocycles. The molecule has 2 aromatic carbocycles. The molecule has 0 aromatic heterocycles. The molecular formula is C17H11ClF3NO3. The molecule has 0 radical (unpaired) electrons. The first-order valence-electron chi connectivity index (χ1n) is 7.22. The fourth-order valence-corrected chi connectivity index (χ4v) is 2.92. The van der Waals surface area contributed by atoms with Gasteiger partial charge in [0.2, 0.25) is 5.78 Å². The van der Waals surface area contributed by atoms with Gasteiger partial charge in [0.15, 0.2) is 0 Å². The number of ether oxygens (including phenoxy) is 1. The number of rotatable bonds is 3. The average Bonchev–Trinajstić information content (AvgIpc) is 2.82. The summed E-state index contributed by atoms with van der Waals surface area (Å²) in [6.45, 7) is 0. The van der Waals surface area contributed by atoms with Crippen LogP contribution in [0.1, 0.15) is 18.0 Å². The second kappa shape index (κ2) is 6.40. The van der Waals surface area contributed by atoms with Gasteiger partial charge in [-0.15, -0.1) is 13.2 Å². The Morgan fingerprint density at radius 2 is 1.76 bits per heavy atom. The third-order valence-electron chi connectivity index (χ3n) is 3.73. The van der Waals surface area contributed by atoms with Crippen molar-refractivity contribution in [2.24, 2.45) is 0 Å². The van der Waals surface area contributed by atoms with E-state index in [-0.39, 0.29) is 6.42 Å². The number of ketones is 1. The maximum absolute atomic E-state index is 12.2. The van der Waals surface area contributed by atoms with Crippen molar-refractivity contribution < 1.29 is 27.5 Å². The molecule has 130 valence electrons. The number of hydrogen-bond donors (Lipinski definition) is 0. The molecule has 1 fully saturated rings. The molecule has 1 aliphatic heterocycles. The van der Waals surface area contributed by atoms with Gasteiger partial charge >= 0.3 is 6.36 Å². The van der Waals surface area contributed by atoms with Gasteiger partial charge in [0.25, 0.3) is 5.91 Å². The first-order chi connectivity index (χ1) is 11.7. The lowest BCUT2D eigenvalue weighted by molar-refractivity contribution is -0.274. The van der Waals surface area contributed by atoms with Crippen molar-refractivity contribution >= 4 is 29.0 Å². The standard InChI is InChI=1S/C17H11ClF3NO3/c18-11-3-1-2-10(8-11)14-9-15(23)16(24)22(14)12-4-6-13(7-5-12)25-17(19,20)21/h1-8,14H,9H2. The third kappa shape index (κ3) is 3.76. The molecule has 8 heteroatoms. The number of carbonyl (C=O) groups is 2. The van der Waals surface area contributed by atoms with Crippen LogP contribution in [-0.4, -0.2) is 18.1 Å². The monoisotopic (exact) mass is 369 g/mol. The van der Waals surface area contributed by atoms with E-state index in [1.165, 1.54) is 17.0 Å². The summed E-state index contributed by atoms with van der Waals surface area (Å²) in [6.07, 6.45) is -4.83. The fourth-order valence-electron chi connectivity index (χ4n) is 2.72. The smallest absolute Gasteiger partial charge is 0.406 e. The summed E-state index contributed by atoms with van der Waals surface area (Å²) in [4.78, 5) is 25.4. The van der Waals surface area contributed by atoms with E-state index in [2.05, 4.69) is 4.74 Å². The number of Topliss-reactive ketones (excluding diaryl/α,β-unsaturated/α-hetero) is 1. The maximum Gasteiger partial charge on any atom is 0.573 e. The number of hydrogen-bond acceptors (Lipinski definition) is 3. The highest BCUT2D eigenvalue weighted by Gasteiger charge is 2.40. The highest BCUT2D eigenvalue weighted by Crippen LogP contribution is 2.37. The Morgan fingerprint density at radius 1 is 1.08 bits per heavy atom. The van der Waals surface area contributed by atoms with Crippen molar-refractivity contribution in [2.45, 2.75) is 18.8 Å². The van der Waals surface area contributed by atoms with Gasteiger partial charge < -0.3 is 4.74 Å². The topological polar surface area (TPSA) is 46.6 Å². The minimum Gasteiger partial charge on any atom is -0.406 e. The summed E-state index contributed by atoms with van der Waals surface area (Å²) < 4.78 is 40.5. The van der Waals surface area contributed by atoms with Crippen molar-refractivity contribution in [3.63, 3.8) is 0 Å². The number of halogens is 4. The predicted octanol–water partition coefficient (Wildman–Crippen LogP) is 4.29. The Labute approximate surface area is 145 Å². The van der Waals surface area contributed by atoms with Gasteiger partial charge in [-0.3, -0.25) is 14.5 Å². The van der Waals surface area contributed by atoms with Crippen LogP contribution in [0.25, 0.3) is 0 Å². The summed E-state index contributed by atoms with van der Waals surface area (Å²) >= 11 is 5.96. The van der Waals surface area contributed by atoms with E-state index >= 15 is 0 Å². The van der Waals surface area contributed by atoms with Crippen molar-refractivity contribution in [2.75, 3.05) is 4.90 Å². The lowest BCUT2D eigenvalue weighted by Gasteiger charge is -2.24. The zero-order chi connectivity index (χ0) is 18.2. The van der Waals surface area contributed by atoms with Gasteiger partial charge in [0.1, 0.15) is 5.75 Å². The molecule has 1 saturated heterocycles. The fraction of sp³-hybridized carbons (Fsp3) is 0.176. The molecule has 0 spiro atoms. The van der Waals surface area contributed by atoms with Gasteiger partial charge in [-0.2, -0.15) is 0 Å². The lowest BCUT2D eigenvalue weighted by Crippen LogP contribution is -2.29. The number of amides is 1. The van der Waals surface area contributed by atoms with Gasteiger partial charge in [0.05, 0.1) is 6.04 Å². The van der Waals surface area contributed by atoms with E-state index in [1.54, 1.807) is 24.3 Å². The molecule has 2 aromatic rings. The highest BCUT2D eigenvalue weighted by molar-refractivity contribution is 6.44. The summed E-state index contributed by atoms with van der Waals surface area (Å²) in [5, 5.41) is 0.457. The van der Waals surface area contributed by atoms with Crippen LogP contribution in [0.4, 0.5) is 18.9 Å². The van der Waals surface area contributed by atoms with E-state index in [1.807, 2.05) is 0 Å². The van der Waals surface area contributed by atoms with Crippen molar-refractivity contribution in [1.82, 2.24) is 0 Å². The van der Waals surface area contributed by atoms with Crippen molar-refractivity contribution in [3.05, 3.63) is 59.1 Å². The lowest BCUT2D eigenvalue weighted by atomic mass is 10.0. The first kappa shape index (κ1) is 17.3. The average molecular weight is 370 g/mol. The second-order valence-electron chi connectivity index (χ2n) is 5.41. The third-order valence-corrected chi connectivity index (χ3v) is 3.96. The zero-order valence-corrected chi connectivity index (χ0v) is 13.3. The molecule has 3 rings (SSSR count). The molecule has 0 N–H and O–H groups in total. The molecule has 1 heterocycles. The molecule has 1 unspecified atom stereocenters. The van der Waals surface area contributed by atoms with Gasteiger partial charge in [0, 0.05) is 17.1 Å². The van der Waals surface area contributed by atoms with Crippen LogP contribution >= 0.6 is 11.6 Å². The SMILES string of the molecule is O=C1CC(c2cccc(Cl)c2)N(c2ccc(OC(F)(F)F)cc2)C1=O. The van der Waals surface area contributed by atoms with Crippen molar-refractivity contribution in [3.8, 4) is 5.75 Å². The van der Waals surface area contributed by atoms with Gasteiger partial charge in [-0.05, 0) is 42.0 Å². The molecule has 4 nitrogen and oxygen atoms in total. The Morgan fingerprint density at radius 3 is 2.36 bits per heavy atom. The van der Waals surface area contributed by atoms with Crippen LogP contribution in [0.15, 0.2) is 48.5 Å². The van der Waals surface area contributed by atoms with Crippen LogP contribution in [0, 0.1) is 0 Å². The quantitative estimate of drug-likeness (QED) is 0.758. The minimum absolute atomic E-state index is 0.0278. The Hall–Kier alpha value is -2.54. The van der Waals surface area contributed by atoms with Crippen LogP contribution in [0.2, 0.25) is 5.02 Å². The van der Waals surface area contributed by atoms with E-state index in [4.69, 9.17) is 11.6 Å². The molecule has 0 bridgehead atoms. The Balaban J connectivity index is 1.92. The number of alkyl halides is 3. The molecule has 1 aliphatic rings. The normalized spacial score (nSPS) is 17.9. The van der Waals surface area contributed by atoms with E-state index in [0.717, 1.165) is 12.1 Å². The van der Waals surface area contributed by atoms with Crippen LogP contribution < -0.4 is 9.64 Å². The number of anilines is 1. The first-order valence-corrected chi connectivity index (χ1v) is 7.60. The molecule has 1 amide bonds. The molecule has 25 heavy (non-hydrogen) atoms. The Bertz CT molecular complexity index is 821. The van der Waals surface area contributed by atoms with E-state index in [0.29, 0.717) is 16.3 Å². The van der Waals surface area contributed by atoms with Crippen LogP contribution in [0.3, 0.4) is 0 Å². The largest absolute Gasteiger partial charge is 0.573 e. The summed E-state index contributed by atoms with van der Waals surface area (Å²) in [6, 6.07) is 11.0.